The highest BCUT2D eigenvalue weighted by Crippen LogP contribution is 2.24. The van der Waals surface area contributed by atoms with Crippen LogP contribution in [-0.4, -0.2) is 12.3 Å². The van der Waals surface area contributed by atoms with Crippen LogP contribution in [0, 0.1) is 11.8 Å². The third kappa shape index (κ3) is 5.93. The molecule has 0 saturated heterocycles. The molecule has 0 fully saturated rings. The lowest BCUT2D eigenvalue weighted by atomic mass is 9.83. The standard InChI is InChI=1S/C13H27NO/c1-4-6-8-12(9-7-5-2)11(3)13(15)10-14/h11-12H,4-10,14H2,1-3H3. The van der Waals surface area contributed by atoms with Crippen LogP contribution in [0.4, 0.5) is 0 Å². The number of carbonyl (C=O) groups is 1. The van der Waals surface area contributed by atoms with E-state index in [2.05, 4.69) is 13.8 Å². The summed E-state index contributed by atoms with van der Waals surface area (Å²) in [6, 6.07) is 0. The third-order valence-corrected chi connectivity index (χ3v) is 3.27. The summed E-state index contributed by atoms with van der Waals surface area (Å²) >= 11 is 0. The summed E-state index contributed by atoms with van der Waals surface area (Å²) in [7, 11) is 0. The smallest absolute Gasteiger partial charge is 0.149 e. The van der Waals surface area contributed by atoms with Gasteiger partial charge in [0.25, 0.3) is 0 Å². The highest BCUT2D eigenvalue weighted by atomic mass is 16.1. The zero-order valence-corrected chi connectivity index (χ0v) is 10.6. The lowest BCUT2D eigenvalue weighted by molar-refractivity contribution is -0.122. The minimum absolute atomic E-state index is 0.160. The molecule has 0 aromatic rings. The molecule has 0 aliphatic heterocycles. The minimum Gasteiger partial charge on any atom is -0.324 e. The van der Waals surface area contributed by atoms with Crippen LogP contribution in [0.5, 0.6) is 0 Å². The van der Waals surface area contributed by atoms with Crippen LogP contribution in [0.15, 0.2) is 0 Å². The maximum absolute atomic E-state index is 11.6. The van der Waals surface area contributed by atoms with Crippen LogP contribution in [0.1, 0.15) is 59.3 Å². The Kier molecular flexibility index (Phi) is 8.68. The van der Waals surface area contributed by atoms with Crippen LogP contribution in [0.25, 0.3) is 0 Å². The number of carbonyl (C=O) groups excluding carboxylic acids is 1. The molecule has 0 rings (SSSR count). The lowest BCUT2D eigenvalue weighted by Crippen LogP contribution is -2.27. The summed E-state index contributed by atoms with van der Waals surface area (Å²) in [5.74, 6) is 0.946. The molecule has 0 amide bonds. The predicted octanol–water partition coefficient (Wildman–Crippen LogP) is 3.15. The zero-order valence-electron chi connectivity index (χ0n) is 10.6. The Balaban J connectivity index is 4.12. The average molecular weight is 213 g/mol. The SMILES string of the molecule is CCCCC(CCCC)C(C)C(=O)CN. The van der Waals surface area contributed by atoms with Crippen molar-refractivity contribution in [2.45, 2.75) is 59.3 Å². The van der Waals surface area contributed by atoms with Gasteiger partial charge < -0.3 is 5.73 Å². The number of ketones is 1. The molecule has 2 heteroatoms. The second kappa shape index (κ2) is 8.90. The molecule has 0 aliphatic carbocycles. The highest BCUT2D eigenvalue weighted by Gasteiger charge is 2.21. The Hall–Kier alpha value is -0.370. The average Bonchev–Trinajstić information content (AvgIpc) is 2.27. The molecule has 0 bridgehead atoms. The van der Waals surface area contributed by atoms with Crippen molar-refractivity contribution in [1.29, 1.82) is 0 Å². The molecule has 0 aromatic heterocycles. The highest BCUT2D eigenvalue weighted by molar-refractivity contribution is 5.82. The summed E-state index contributed by atoms with van der Waals surface area (Å²) in [6.07, 6.45) is 7.26. The number of nitrogens with two attached hydrogens (primary N) is 1. The first-order valence-corrected chi connectivity index (χ1v) is 6.40. The quantitative estimate of drug-likeness (QED) is 0.639. The first-order chi connectivity index (χ1) is 7.17. The third-order valence-electron chi connectivity index (χ3n) is 3.27. The van der Waals surface area contributed by atoms with Crippen LogP contribution < -0.4 is 5.73 Å². The van der Waals surface area contributed by atoms with Gasteiger partial charge in [0.15, 0.2) is 0 Å². The summed E-state index contributed by atoms with van der Waals surface area (Å²) < 4.78 is 0. The van der Waals surface area contributed by atoms with E-state index >= 15 is 0 Å². The maximum Gasteiger partial charge on any atom is 0.149 e. The molecular formula is C13H27NO. The number of hydrogen-bond acceptors (Lipinski definition) is 2. The van der Waals surface area contributed by atoms with Gasteiger partial charge in [-0.3, -0.25) is 4.79 Å². The second-order valence-electron chi connectivity index (χ2n) is 4.50. The molecule has 0 heterocycles. The van der Waals surface area contributed by atoms with E-state index in [4.69, 9.17) is 5.73 Å². The molecule has 0 saturated carbocycles. The Morgan fingerprint density at radius 2 is 1.60 bits per heavy atom. The fourth-order valence-corrected chi connectivity index (χ4v) is 2.03. The molecule has 1 unspecified atom stereocenters. The van der Waals surface area contributed by atoms with Gasteiger partial charge >= 0.3 is 0 Å². The van der Waals surface area contributed by atoms with E-state index in [1.807, 2.05) is 6.92 Å². The van der Waals surface area contributed by atoms with E-state index in [1.54, 1.807) is 0 Å². The van der Waals surface area contributed by atoms with Crippen LogP contribution in [0.3, 0.4) is 0 Å². The van der Waals surface area contributed by atoms with Gasteiger partial charge in [-0.05, 0) is 18.8 Å². The number of rotatable bonds is 9. The van der Waals surface area contributed by atoms with Crippen LogP contribution in [0.2, 0.25) is 0 Å². The Morgan fingerprint density at radius 1 is 1.13 bits per heavy atom. The maximum atomic E-state index is 11.6. The first-order valence-electron chi connectivity index (χ1n) is 6.40. The van der Waals surface area contributed by atoms with E-state index < -0.39 is 0 Å². The van der Waals surface area contributed by atoms with Gasteiger partial charge in [0.1, 0.15) is 5.78 Å². The Morgan fingerprint density at radius 3 is 1.93 bits per heavy atom. The largest absolute Gasteiger partial charge is 0.324 e. The van der Waals surface area contributed by atoms with E-state index in [9.17, 15) is 4.79 Å². The molecule has 2 N–H and O–H groups in total. The van der Waals surface area contributed by atoms with Crippen molar-refractivity contribution in [3.8, 4) is 0 Å². The monoisotopic (exact) mass is 213 g/mol. The second-order valence-corrected chi connectivity index (χ2v) is 4.50. The summed E-state index contributed by atoms with van der Waals surface area (Å²) in [5, 5.41) is 0. The molecule has 1 atom stereocenters. The number of Topliss-reactive ketones (excluding diaryl/α,β-unsaturated/α-hetero) is 1. The van der Waals surface area contributed by atoms with Gasteiger partial charge in [-0.25, -0.2) is 0 Å². The van der Waals surface area contributed by atoms with Gasteiger partial charge in [-0.2, -0.15) is 0 Å². The summed E-state index contributed by atoms with van der Waals surface area (Å²) in [6.45, 7) is 6.65. The molecule has 15 heavy (non-hydrogen) atoms. The summed E-state index contributed by atoms with van der Waals surface area (Å²) in [4.78, 5) is 11.6. The molecule has 90 valence electrons. The molecule has 0 radical (unpaired) electrons. The van der Waals surface area contributed by atoms with E-state index in [-0.39, 0.29) is 18.2 Å². The van der Waals surface area contributed by atoms with Crippen molar-refractivity contribution < 1.29 is 4.79 Å². The van der Waals surface area contributed by atoms with Gasteiger partial charge in [-0.15, -0.1) is 0 Å². The normalized spacial score (nSPS) is 13.1. The van der Waals surface area contributed by atoms with Crippen LogP contribution >= 0.6 is 0 Å². The first kappa shape index (κ1) is 14.6. The Bertz CT molecular complexity index is 160. The Labute approximate surface area is 94.6 Å². The number of unbranched alkanes of at least 4 members (excludes halogenated alkanes) is 2. The zero-order chi connectivity index (χ0) is 11.7. The predicted molar refractivity (Wildman–Crippen MR) is 65.8 cm³/mol. The van der Waals surface area contributed by atoms with Crippen molar-refractivity contribution in [3.63, 3.8) is 0 Å². The molecule has 0 aromatic carbocycles. The van der Waals surface area contributed by atoms with E-state index in [1.165, 1.54) is 38.5 Å². The van der Waals surface area contributed by atoms with Crippen LogP contribution in [-0.2, 0) is 4.79 Å². The summed E-state index contributed by atoms with van der Waals surface area (Å²) in [5.41, 5.74) is 5.42. The fraction of sp³-hybridized carbons (Fsp3) is 0.923. The van der Waals surface area contributed by atoms with Gasteiger partial charge in [-0.1, -0.05) is 46.5 Å². The fourth-order valence-electron chi connectivity index (χ4n) is 2.03. The lowest BCUT2D eigenvalue weighted by Gasteiger charge is -2.22. The van der Waals surface area contributed by atoms with Gasteiger partial charge in [0, 0.05) is 5.92 Å². The van der Waals surface area contributed by atoms with Gasteiger partial charge in [0.2, 0.25) is 0 Å². The molecule has 0 spiro atoms. The molecule has 0 aliphatic rings. The molecule has 2 nitrogen and oxygen atoms in total. The van der Waals surface area contributed by atoms with Crippen molar-refractivity contribution in [3.05, 3.63) is 0 Å². The van der Waals surface area contributed by atoms with E-state index in [0.717, 1.165) is 0 Å². The van der Waals surface area contributed by atoms with Gasteiger partial charge in [0.05, 0.1) is 6.54 Å². The van der Waals surface area contributed by atoms with E-state index in [0.29, 0.717) is 5.92 Å². The van der Waals surface area contributed by atoms with Crippen molar-refractivity contribution in [2.75, 3.05) is 6.54 Å². The van der Waals surface area contributed by atoms with Crippen molar-refractivity contribution in [2.24, 2.45) is 17.6 Å². The molecular weight excluding hydrogens is 186 g/mol. The minimum atomic E-state index is 0.160. The van der Waals surface area contributed by atoms with Crippen molar-refractivity contribution >= 4 is 5.78 Å². The van der Waals surface area contributed by atoms with Crippen molar-refractivity contribution in [1.82, 2.24) is 0 Å². The topological polar surface area (TPSA) is 43.1 Å². The number of hydrogen-bond donors (Lipinski definition) is 1.